The van der Waals surface area contributed by atoms with Crippen molar-refractivity contribution in [2.45, 2.75) is 25.8 Å². The largest absolute Gasteiger partial charge is 0.496 e. The van der Waals surface area contributed by atoms with Crippen molar-refractivity contribution in [3.8, 4) is 5.75 Å². The first-order chi connectivity index (χ1) is 14.2. The van der Waals surface area contributed by atoms with Crippen LogP contribution in [0.25, 0.3) is 0 Å². The summed E-state index contributed by atoms with van der Waals surface area (Å²) in [6.07, 6.45) is 2.71. The van der Waals surface area contributed by atoms with Gasteiger partial charge < -0.3 is 19.9 Å². The number of carbonyl (C=O) groups excluding carboxylic acids is 2. The highest BCUT2D eigenvalue weighted by Crippen LogP contribution is 2.28. The van der Waals surface area contributed by atoms with Crippen LogP contribution in [0.2, 0.25) is 0 Å². The van der Waals surface area contributed by atoms with E-state index in [2.05, 4.69) is 22.3 Å². The van der Waals surface area contributed by atoms with Crippen molar-refractivity contribution in [3.05, 3.63) is 54.1 Å². The number of hydrogen-bond acceptors (Lipinski definition) is 4. The molecule has 1 N–H and O–H groups in total. The van der Waals surface area contributed by atoms with Crippen molar-refractivity contribution in [2.75, 3.05) is 36.5 Å². The molecule has 152 valence electrons. The van der Waals surface area contributed by atoms with Gasteiger partial charge in [0, 0.05) is 49.5 Å². The Labute approximate surface area is 171 Å². The van der Waals surface area contributed by atoms with Gasteiger partial charge in [0.15, 0.2) is 0 Å². The maximum absolute atomic E-state index is 12.6. The molecule has 2 fully saturated rings. The van der Waals surface area contributed by atoms with Gasteiger partial charge in [-0.15, -0.1) is 0 Å². The SMILES string of the molecule is COc1ccccc1CNC(=O)C1CC(=O)N(c2ccc(N3CCCC3)cc2)C1. The molecule has 6 nitrogen and oxygen atoms in total. The van der Waals surface area contributed by atoms with Gasteiger partial charge in [-0.2, -0.15) is 0 Å². The second kappa shape index (κ2) is 8.55. The van der Waals surface area contributed by atoms with E-state index in [1.165, 1.54) is 18.5 Å². The minimum atomic E-state index is -0.338. The molecule has 29 heavy (non-hydrogen) atoms. The van der Waals surface area contributed by atoms with E-state index in [4.69, 9.17) is 4.74 Å². The minimum absolute atomic E-state index is 0.00337. The lowest BCUT2D eigenvalue weighted by Gasteiger charge is -2.20. The molecule has 2 amide bonds. The van der Waals surface area contributed by atoms with E-state index in [1.807, 2.05) is 36.4 Å². The number of hydrogen-bond donors (Lipinski definition) is 1. The summed E-state index contributed by atoms with van der Waals surface area (Å²) >= 11 is 0. The predicted molar refractivity (Wildman–Crippen MR) is 113 cm³/mol. The van der Waals surface area contributed by atoms with Crippen LogP contribution in [0.4, 0.5) is 11.4 Å². The zero-order valence-corrected chi connectivity index (χ0v) is 16.8. The molecule has 0 bridgehead atoms. The van der Waals surface area contributed by atoms with E-state index in [9.17, 15) is 9.59 Å². The van der Waals surface area contributed by atoms with Crippen molar-refractivity contribution in [3.63, 3.8) is 0 Å². The smallest absolute Gasteiger partial charge is 0.227 e. The van der Waals surface area contributed by atoms with Crippen molar-refractivity contribution in [1.82, 2.24) is 5.32 Å². The summed E-state index contributed by atoms with van der Waals surface area (Å²) < 4.78 is 5.32. The van der Waals surface area contributed by atoms with Crippen LogP contribution in [-0.2, 0) is 16.1 Å². The van der Waals surface area contributed by atoms with Gasteiger partial charge in [0.05, 0.1) is 13.0 Å². The number of ether oxygens (including phenoxy) is 1. The van der Waals surface area contributed by atoms with Crippen molar-refractivity contribution >= 4 is 23.2 Å². The van der Waals surface area contributed by atoms with Crippen LogP contribution < -0.4 is 19.9 Å². The van der Waals surface area contributed by atoms with Crippen molar-refractivity contribution in [2.24, 2.45) is 5.92 Å². The van der Waals surface area contributed by atoms with E-state index in [0.717, 1.165) is 30.1 Å². The van der Waals surface area contributed by atoms with Gasteiger partial charge >= 0.3 is 0 Å². The zero-order valence-electron chi connectivity index (χ0n) is 16.8. The topological polar surface area (TPSA) is 61.9 Å². The van der Waals surface area contributed by atoms with Crippen LogP contribution in [0.3, 0.4) is 0 Å². The molecular weight excluding hydrogens is 366 g/mol. The molecular formula is C23H27N3O3. The Bertz CT molecular complexity index is 875. The normalized spacial score (nSPS) is 18.9. The Hall–Kier alpha value is -3.02. The maximum Gasteiger partial charge on any atom is 0.227 e. The van der Waals surface area contributed by atoms with Gasteiger partial charge in [-0.3, -0.25) is 9.59 Å². The summed E-state index contributed by atoms with van der Waals surface area (Å²) in [5, 5.41) is 2.95. The van der Waals surface area contributed by atoms with E-state index < -0.39 is 0 Å². The summed E-state index contributed by atoms with van der Waals surface area (Å²) in [6.45, 7) is 2.99. The summed E-state index contributed by atoms with van der Waals surface area (Å²) in [5.41, 5.74) is 2.98. The molecule has 6 heteroatoms. The first-order valence-electron chi connectivity index (χ1n) is 10.2. The Morgan fingerprint density at radius 2 is 1.76 bits per heavy atom. The third-order valence-corrected chi connectivity index (χ3v) is 5.77. The van der Waals surface area contributed by atoms with Gasteiger partial charge in [0.1, 0.15) is 5.75 Å². The number of anilines is 2. The molecule has 2 aromatic carbocycles. The lowest BCUT2D eigenvalue weighted by Crippen LogP contribution is -2.32. The highest BCUT2D eigenvalue weighted by atomic mass is 16.5. The fraction of sp³-hybridized carbons (Fsp3) is 0.391. The molecule has 2 aliphatic heterocycles. The number of nitrogens with zero attached hydrogens (tertiary/aromatic N) is 2. The van der Waals surface area contributed by atoms with Crippen LogP contribution >= 0.6 is 0 Å². The number of carbonyl (C=O) groups is 2. The number of rotatable bonds is 6. The van der Waals surface area contributed by atoms with Gasteiger partial charge in [0.25, 0.3) is 0 Å². The molecule has 2 aliphatic rings. The third-order valence-electron chi connectivity index (χ3n) is 5.77. The molecule has 4 rings (SSSR count). The molecule has 0 spiro atoms. The molecule has 2 saturated heterocycles. The number of nitrogens with one attached hydrogen (secondary N) is 1. The first-order valence-corrected chi connectivity index (χ1v) is 10.2. The lowest BCUT2D eigenvalue weighted by molar-refractivity contribution is -0.126. The predicted octanol–water partition coefficient (Wildman–Crippen LogP) is 2.96. The van der Waals surface area contributed by atoms with Gasteiger partial charge in [0.2, 0.25) is 11.8 Å². The second-order valence-corrected chi connectivity index (χ2v) is 7.65. The molecule has 2 heterocycles. The average molecular weight is 393 g/mol. The Morgan fingerprint density at radius 1 is 1.07 bits per heavy atom. The first kappa shape index (κ1) is 19.3. The maximum atomic E-state index is 12.6. The lowest BCUT2D eigenvalue weighted by atomic mass is 10.1. The van der Waals surface area contributed by atoms with Crippen LogP contribution in [0.15, 0.2) is 48.5 Å². The third kappa shape index (κ3) is 4.21. The van der Waals surface area contributed by atoms with E-state index in [0.29, 0.717) is 13.1 Å². The van der Waals surface area contributed by atoms with Gasteiger partial charge in [-0.05, 0) is 43.2 Å². The molecule has 0 radical (unpaired) electrons. The van der Waals surface area contributed by atoms with Crippen LogP contribution in [0.1, 0.15) is 24.8 Å². The molecule has 0 aromatic heterocycles. The number of benzene rings is 2. The van der Waals surface area contributed by atoms with Crippen molar-refractivity contribution in [1.29, 1.82) is 0 Å². The summed E-state index contributed by atoms with van der Waals surface area (Å²) in [5.74, 6) is 0.308. The summed E-state index contributed by atoms with van der Waals surface area (Å²) in [7, 11) is 1.61. The summed E-state index contributed by atoms with van der Waals surface area (Å²) in [4.78, 5) is 29.2. The Balaban J connectivity index is 1.36. The van der Waals surface area contributed by atoms with Crippen LogP contribution in [-0.4, -0.2) is 38.6 Å². The average Bonchev–Trinajstić information content (AvgIpc) is 3.42. The number of amides is 2. The fourth-order valence-corrected chi connectivity index (χ4v) is 4.13. The Kier molecular flexibility index (Phi) is 5.69. The van der Waals surface area contributed by atoms with E-state index in [-0.39, 0.29) is 24.2 Å². The van der Waals surface area contributed by atoms with Crippen LogP contribution in [0, 0.1) is 5.92 Å². The highest BCUT2D eigenvalue weighted by Gasteiger charge is 2.35. The van der Waals surface area contributed by atoms with E-state index >= 15 is 0 Å². The minimum Gasteiger partial charge on any atom is -0.496 e. The number of para-hydroxylation sites is 1. The standard InChI is InChI=1S/C23H27N3O3/c1-29-21-7-3-2-6-17(21)15-24-23(28)18-14-22(27)26(16-18)20-10-8-19(9-11-20)25-12-4-5-13-25/h2-3,6-11,18H,4-5,12-16H2,1H3,(H,24,28). The quantitative estimate of drug-likeness (QED) is 0.820. The molecule has 1 atom stereocenters. The zero-order chi connectivity index (χ0) is 20.2. The molecule has 0 saturated carbocycles. The van der Waals surface area contributed by atoms with Crippen molar-refractivity contribution < 1.29 is 14.3 Å². The summed E-state index contributed by atoms with van der Waals surface area (Å²) in [6, 6.07) is 15.7. The monoisotopic (exact) mass is 393 g/mol. The molecule has 1 unspecified atom stereocenters. The molecule has 2 aromatic rings. The number of methoxy groups -OCH3 is 1. The Morgan fingerprint density at radius 3 is 2.48 bits per heavy atom. The van der Waals surface area contributed by atoms with E-state index in [1.54, 1.807) is 12.0 Å². The van der Waals surface area contributed by atoms with Gasteiger partial charge in [-0.1, -0.05) is 18.2 Å². The highest BCUT2D eigenvalue weighted by molar-refractivity contribution is 6.00. The second-order valence-electron chi connectivity index (χ2n) is 7.65. The molecule has 0 aliphatic carbocycles. The fourth-order valence-electron chi connectivity index (χ4n) is 4.13. The van der Waals surface area contributed by atoms with Gasteiger partial charge in [-0.25, -0.2) is 0 Å². The van der Waals surface area contributed by atoms with Crippen LogP contribution in [0.5, 0.6) is 5.75 Å².